The summed E-state index contributed by atoms with van der Waals surface area (Å²) in [6.07, 6.45) is 2.24. The van der Waals surface area contributed by atoms with Gasteiger partial charge in [-0.15, -0.1) is 0 Å². The number of rotatable bonds is 3. The van der Waals surface area contributed by atoms with Crippen LogP contribution in [0.5, 0.6) is 11.5 Å². The van der Waals surface area contributed by atoms with E-state index in [9.17, 15) is 4.79 Å². The number of esters is 1. The van der Waals surface area contributed by atoms with Crippen molar-refractivity contribution >= 4 is 5.97 Å². The van der Waals surface area contributed by atoms with Gasteiger partial charge in [0.2, 0.25) is 0 Å². The number of fused-ring (bicyclic) bond motifs is 2. The largest absolute Gasteiger partial charge is 0.493 e. The molecule has 0 atom stereocenters. The molecular formula is C18H22O4. The van der Waals surface area contributed by atoms with Crippen LogP contribution in [0.2, 0.25) is 0 Å². The van der Waals surface area contributed by atoms with Gasteiger partial charge in [-0.1, -0.05) is 6.58 Å². The molecule has 0 bridgehead atoms. The van der Waals surface area contributed by atoms with Gasteiger partial charge in [-0.25, -0.2) is 4.79 Å². The van der Waals surface area contributed by atoms with Crippen LogP contribution in [0.1, 0.15) is 37.5 Å². The van der Waals surface area contributed by atoms with Gasteiger partial charge in [0.15, 0.2) is 0 Å². The fourth-order valence-electron chi connectivity index (χ4n) is 2.95. The van der Waals surface area contributed by atoms with Crippen LogP contribution in [0.25, 0.3) is 0 Å². The maximum Gasteiger partial charge on any atom is 0.334 e. The molecule has 0 spiro atoms. The average molecular weight is 302 g/mol. The van der Waals surface area contributed by atoms with Gasteiger partial charge < -0.3 is 14.2 Å². The molecule has 118 valence electrons. The predicted octanol–water partition coefficient (Wildman–Crippen LogP) is 3.00. The Morgan fingerprint density at radius 3 is 2.23 bits per heavy atom. The third kappa shape index (κ3) is 2.82. The van der Waals surface area contributed by atoms with Crippen LogP contribution in [0.15, 0.2) is 18.2 Å². The van der Waals surface area contributed by atoms with E-state index in [1.165, 1.54) is 11.1 Å². The van der Waals surface area contributed by atoms with Gasteiger partial charge in [-0.2, -0.15) is 0 Å². The molecular weight excluding hydrogens is 280 g/mol. The van der Waals surface area contributed by atoms with E-state index >= 15 is 0 Å². The molecule has 3 rings (SSSR count). The predicted molar refractivity (Wildman–Crippen MR) is 83.5 cm³/mol. The van der Waals surface area contributed by atoms with Gasteiger partial charge in [0, 0.05) is 42.0 Å². The Morgan fingerprint density at radius 1 is 1.18 bits per heavy atom. The molecule has 0 saturated heterocycles. The highest BCUT2D eigenvalue weighted by molar-refractivity contribution is 5.88. The maximum atomic E-state index is 12.2. The topological polar surface area (TPSA) is 44.8 Å². The van der Waals surface area contributed by atoms with E-state index < -0.39 is 5.60 Å². The van der Waals surface area contributed by atoms with Gasteiger partial charge >= 0.3 is 5.97 Å². The quantitative estimate of drug-likeness (QED) is 0.636. The van der Waals surface area contributed by atoms with Gasteiger partial charge in [-0.05, 0) is 26.3 Å². The Balaban J connectivity index is 1.87. The molecule has 2 aliphatic rings. The minimum atomic E-state index is -0.507. The summed E-state index contributed by atoms with van der Waals surface area (Å²) in [6, 6.07) is 1.98. The van der Waals surface area contributed by atoms with Crippen molar-refractivity contribution in [1.29, 1.82) is 0 Å². The van der Waals surface area contributed by atoms with E-state index in [2.05, 4.69) is 6.58 Å². The fourth-order valence-corrected chi connectivity index (χ4v) is 2.95. The van der Waals surface area contributed by atoms with Crippen molar-refractivity contribution in [3.8, 4) is 11.5 Å². The number of hydrogen-bond acceptors (Lipinski definition) is 4. The van der Waals surface area contributed by atoms with Crippen LogP contribution < -0.4 is 9.47 Å². The number of carbonyl (C=O) groups excluding carboxylic acids is 1. The van der Waals surface area contributed by atoms with Crippen molar-refractivity contribution in [3.63, 3.8) is 0 Å². The van der Waals surface area contributed by atoms with Crippen molar-refractivity contribution < 1.29 is 19.0 Å². The third-order valence-corrected chi connectivity index (χ3v) is 3.88. The minimum absolute atomic E-state index is 0.336. The summed E-state index contributed by atoms with van der Waals surface area (Å²) in [4.78, 5) is 12.2. The summed E-state index contributed by atoms with van der Waals surface area (Å²) in [5.74, 6) is 1.43. The smallest absolute Gasteiger partial charge is 0.334 e. The number of ether oxygens (including phenoxy) is 3. The van der Waals surface area contributed by atoms with Crippen molar-refractivity contribution in [3.05, 3.63) is 34.9 Å². The molecule has 1 aromatic carbocycles. The van der Waals surface area contributed by atoms with Crippen LogP contribution in [-0.4, -0.2) is 24.8 Å². The standard InChI is InChI=1S/C18H22O4/c1-11(17(19)22-18(2,3)4)9-14-12-5-7-20-15(12)10-16-13(14)6-8-21-16/h10H,1,5-9H2,2-4H3. The summed E-state index contributed by atoms with van der Waals surface area (Å²) < 4.78 is 16.7. The Bertz CT molecular complexity index is 605. The molecule has 0 radical (unpaired) electrons. The first-order valence-corrected chi connectivity index (χ1v) is 7.69. The lowest BCUT2D eigenvalue weighted by Crippen LogP contribution is -2.25. The van der Waals surface area contributed by atoms with Crippen LogP contribution in [0.3, 0.4) is 0 Å². The zero-order valence-electron chi connectivity index (χ0n) is 13.5. The molecule has 0 fully saturated rings. The lowest BCUT2D eigenvalue weighted by atomic mass is 9.92. The first kappa shape index (κ1) is 14.9. The highest BCUT2D eigenvalue weighted by Crippen LogP contribution is 2.40. The van der Waals surface area contributed by atoms with Crippen molar-refractivity contribution in [2.24, 2.45) is 0 Å². The van der Waals surface area contributed by atoms with Crippen molar-refractivity contribution in [2.45, 2.75) is 45.6 Å². The lowest BCUT2D eigenvalue weighted by molar-refractivity contribution is -0.149. The fraction of sp³-hybridized carbons (Fsp3) is 0.500. The highest BCUT2D eigenvalue weighted by Gasteiger charge is 2.28. The number of benzene rings is 1. The second kappa shape index (κ2) is 5.34. The first-order valence-electron chi connectivity index (χ1n) is 7.69. The summed E-state index contributed by atoms with van der Waals surface area (Å²) >= 11 is 0. The molecule has 2 aliphatic heterocycles. The Labute approximate surface area is 131 Å². The Kier molecular flexibility index (Phi) is 3.63. The molecule has 0 aliphatic carbocycles. The van der Waals surface area contributed by atoms with E-state index in [1.54, 1.807) is 0 Å². The zero-order chi connectivity index (χ0) is 15.9. The molecule has 0 N–H and O–H groups in total. The second-order valence-corrected chi connectivity index (χ2v) is 6.79. The molecule has 4 heteroatoms. The maximum absolute atomic E-state index is 12.2. The summed E-state index contributed by atoms with van der Waals surface area (Å²) in [5, 5.41) is 0. The van der Waals surface area contributed by atoms with Gasteiger partial charge in [0.1, 0.15) is 17.1 Å². The normalized spacial score (nSPS) is 15.6. The molecule has 1 aromatic rings. The van der Waals surface area contributed by atoms with E-state index in [1.807, 2.05) is 26.8 Å². The Hall–Kier alpha value is -1.97. The van der Waals surface area contributed by atoms with E-state index in [0.29, 0.717) is 25.2 Å². The molecule has 4 nitrogen and oxygen atoms in total. The van der Waals surface area contributed by atoms with Gasteiger partial charge in [-0.3, -0.25) is 0 Å². The average Bonchev–Trinajstić information content (AvgIpc) is 3.04. The highest BCUT2D eigenvalue weighted by atomic mass is 16.6. The zero-order valence-corrected chi connectivity index (χ0v) is 13.5. The van der Waals surface area contributed by atoms with Crippen LogP contribution in [0.4, 0.5) is 0 Å². The van der Waals surface area contributed by atoms with E-state index in [4.69, 9.17) is 14.2 Å². The van der Waals surface area contributed by atoms with Crippen LogP contribution in [0, 0.1) is 0 Å². The van der Waals surface area contributed by atoms with Crippen LogP contribution >= 0.6 is 0 Å². The molecule has 0 aromatic heterocycles. The molecule has 0 amide bonds. The monoisotopic (exact) mass is 302 g/mol. The summed E-state index contributed by atoms with van der Waals surface area (Å²) in [6.45, 7) is 10.9. The van der Waals surface area contributed by atoms with Crippen molar-refractivity contribution in [2.75, 3.05) is 13.2 Å². The lowest BCUT2D eigenvalue weighted by Gasteiger charge is -2.21. The molecule has 2 heterocycles. The summed E-state index contributed by atoms with van der Waals surface area (Å²) in [5.41, 5.74) is 3.48. The van der Waals surface area contributed by atoms with E-state index in [0.717, 1.165) is 29.9 Å². The number of carbonyl (C=O) groups is 1. The molecule has 22 heavy (non-hydrogen) atoms. The molecule has 0 saturated carbocycles. The van der Waals surface area contributed by atoms with E-state index in [-0.39, 0.29) is 5.97 Å². The van der Waals surface area contributed by atoms with Crippen LogP contribution in [-0.2, 0) is 28.8 Å². The second-order valence-electron chi connectivity index (χ2n) is 6.79. The van der Waals surface area contributed by atoms with Gasteiger partial charge in [0.05, 0.1) is 13.2 Å². The van der Waals surface area contributed by atoms with Gasteiger partial charge in [0.25, 0.3) is 0 Å². The SMILES string of the molecule is C=C(Cc1c2c(cc3c1CCO3)OCC2)C(=O)OC(C)(C)C. The Morgan fingerprint density at radius 2 is 1.73 bits per heavy atom. The third-order valence-electron chi connectivity index (χ3n) is 3.88. The molecule has 0 unspecified atom stereocenters. The first-order chi connectivity index (χ1) is 10.3. The number of hydrogen-bond donors (Lipinski definition) is 0. The minimum Gasteiger partial charge on any atom is -0.493 e. The van der Waals surface area contributed by atoms with Crippen molar-refractivity contribution in [1.82, 2.24) is 0 Å². The summed E-state index contributed by atoms with van der Waals surface area (Å²) in [7, 11) is 0.